The van der Waals surface area contributed by atoms with Gasteiger partial charge in [-0.3, -0.25) is 4.99 Å². The molecule has 2 fully saturated rings. The molecule has 0 aliphatic carbocycles. The zero-order chi connectivity index (χ0) is 14.7. The van der Waals surface area contributed by atoms with Crippen LogP contribution in [-0.4, -0.2) is 31.3 Å². The minimum absolute atomic E-state index is 0. The first-order chi connectivity index (χ1) is 10.3. The summed E-state index contributed by atoms with van der Waals surface area (Å²) in [5.74, 6) is 0.806. The Kier molecular flexibility index (Phi) is 6.03. The van der Waals surface area contributed by atoms with Gasteiger partial charge in [-0.2, -0.15) is 5.26 Å². The molecule has 0 amide bonds. The van der Waals surface area contributed by atoms with Gasteiger partial charge in [0.25, 0.3) is 0 Å². The Labute approximate surface area is 148 Å². The number of guanidine groups is 1. The molecule has 0 aromatic heterocycles. The summed E-state index contributed by atoms with van der Waals surface area (Å²) >= 11 is 0. The molecule has 3 unspecified atom stereocenters. The van der Waals surface area contributed by atoms with Gasteiger partial charge in [0.2, 0.25) is 0 Å². The van der Waals surface area contributed by atoms with Crippen LogP contribution in [0.2, 0.25) is 0 Å². The molecule has 2 aliphatic heterocycles. The van der Waals surface area contributed by atoms with E-state index in [4.69, 9.17) is 10.00 Å². The number of hydrogen-bond acceptors (Lipinski definition) is 3. The predicted octanol–water partition coefficient (Wildman–Crippen LogP) is 2.16. The van der Waals surface area contributed by atoms with Crippen molar-refractivity contribution in [2.75, 3.05) is 7.05 Å². The zero-order valence-electron chi connectivity index (χ0n) is 12.6. The zero-order valence-corrected chi connectivity index (χ0v) is 14.9. The van der Waals surface area contributed by atoms with E-state index >= 15 is 0 Å². The van der Waals surface area contributed by atoms with Crippen molar-refractivity contribution in [3.8, 4) is 6.07 Å². The van der Waals surface area contributed by atoms with Crippen LogP contribution in [0.3, 0.4) is 0 Å². The van der Waals surface area contributed by atoms with Crippen molar-refractivity contribution in [1.29, 1.82) is 5.26 Å². The fraction of sp³-hybridized carbons (Fsp3) is 0.500. The summed E-state index contributed by atoms with van der Waals surface area (Å²) in [6, 6.07) is 10.1. The number of nitriles is 1. The predicted molar refractivity (Wildman–Crippen MR) is 96.2 cm³/mol. The van der Waals surface area contributed by atoms with Crippen LogP contribution >= 0.6 is 24.0 Å². The van der Waals surface area contributed by atoms with Crippen molar-refractivity contribution < 1.29 is 4.74 Å². The Balaban J connectivity index is 0.00000176. The maximum absolute atomic E-state index is 8.79. The van der Waals surface area contributed by atoms with Gasteiger partial charge in [0.1, 0.15) is 0 Å². The molecule has 5 nitrogen and oxygen atoms in total. The van der Waals surface area contributed by atoms with Crippen molar-refractivity contribution >= 4 is 29.9 Å². The van der Waals surface area contributed by atoms with Crippen LogP contribution in [0.5, 0.6) is 0 Å². The van der Waals surface area contributed by atoms with Gasteiger partial charge in [-0.05, 0) is 37.0 Å². The third kappa shape index (κ3) is 3.90. The maximum atomic E-state index is 8.79. The number of benzene rings is 1. The monoisotopic (exact) mass is 412 g/mol. The van der Waals surface area contributed by atoms with Gasteiger partial charge in [-0.25, -0.2) is 0 Å². The van der Waals surface area contributed by atoms with Crippen LogP contribution in [0.15, 0.2) is 29.3 Å². The third-order valence-electron chi connectivity index (χ3n) is 4.19. The summed E-state index contributed by atoms with van der Waals surface area (Å²) in [5, 5.41) is 15.6. The molecule has 3 rings (SSSR count). The van der Waals surface area contributed by atoms with Gasteiger partial charge >= 0.3 is 0 Å². The molecule has 2 heterocycles. The van der Waals surface area contributed by atoms with Gasteiger partial charge in [0.05, 0.1) is 29.9 Å². The van der Waals surface area contributed by atoms with Crippen LogP contribution in [-0.2, 0) is 11.3 Å². The molecule has 1 aromatic rings. The lowest BCUT2D eigenvalue weighted by molar-refractivity contribution is 0.0992. The lowest BCUT2D eigenvalue weighted by atomic mass is 9.96. The van der Waals surface area contributed by atoms with E-state index in [1.54, 1.807) is 7.05 Å². The molecule has 2 aliphatic rings. The maximum Gasteiger partial charge on any atom is 0.191 e. The number of halogens is 1. The average molecular weight is 412 g/mol. The van der Waals surface area contributed by atoms with E-state index in [9.17, 15) is 0 Å². The van der Waals surface area contributed by atoms with Gasteiger partial charge in [-0.1, -0.05) is 12.1 Å². The molecule has 1 aromatic carbocycles. The molecule has 2 saturated heterocycles. The summed E-state index contributed by atoms with van der Waals surface area (Å²) in [6.45, 7) is 0.688. The van der Waals surface area contributed by atoms with Crippen molar-refractivity contribution in [2.24, 2.45) is 4.99 Å². The fourth-order valence-electron chi connectivity index (χ4n) is 3.04. The van der Waals surface area contributed by atoms with E-state index < -0.39 is 0 Å². The Morgan fingerprint density at radius 3 is 2.68 bits per heavy atom. The lowest BCUT2D eigenvalue weighted by Gasteiger charge is -2.22. The summed E-state index contributed by atoms with van der Waals surface area (Å²) in [4.78, 5) is 4.27. The van der Waals surface area contributed by atoms with E-state index in [0.29, 0.717) is 30.4 Å². The highest BCUT2D eigenvalue weighted by molar-refractivity contribution is 14.0. The van der Waals surface area contributed by atoms with Crippen LogP contribution < -0.4 is 10.6 Å². The first-order valence-electron chi connectivity index (χ1n) is 7.40. The van der Waals surface area contributed by atoms with Gasteiger partial charge < -0.3 is 15.4 Å². The molecular formula is C16H21IN4O. The second-order valence-corrected chi connectivity index (χ2v) is 5.59. The van der Waals surface area contributed by atoms with Crippen LogP contribution in [0.1, 0.15) is 30.4 Å². The van der Waals surface area contributed by atoms with Crippen molar-refractivity contribution in [1.82, 2.24) is 10.6 Å². The van der Waals surface area contributed by atoms with Crippen molar-refractivity contribution in [3.05, 3.63) is 35.4 Å². The van der Waals surface area contributed by atoms with E-state index in [-0.39, 0.29) is 24.0 Å². The van der Waals surface area contributed by atoms with Crippen LogP contribution in [0, 0.1) is 11.3 Å². The molecule has 0 spiro atoms. The highest BCUT2D eigenvalue weighted by Crippen LogP contribution is 2.34. The molecule has 2 bridgehead atoms. The molecule has 0 radical (unpaired) electrons. The highest BCUT2D eigenvalue weighted by Gasteiger charge is 2.41. The standard InChI is InChI=1S/C16H20N4O.HI/c1-18-16(20-14-8-13-6-7-15(14)21-13)19-10-12-4-2-11(9-17)3-5-12;/h2-5,13-15H,6-8,10H2,1H3,(H2,18,19,20);1H. The highest BCUT2D eigenvalue weighted by atomic mass is 127. The summed E-state index contributed by atoms with van der Waals surface area (Å²) < 4.78 is 5.84. The molecule has 118 valence electrons. The summed E-state index contributed by atoms with van der Waals surface area (Å²) in [7, 11) is 1.78. The van der Waals surface area contributed by atoms with E-state index in [1.165, 1.54) is 6.42 Å². The van der Waals surface area contributed by atoms with Crippen LogP contribution in [0.4, 0.5) is 0 Å². The van der Waals surface area contributed by atoms with Crippen molar-refractivity contribution in [2.45, 2.75) is 44.1 Å². The average Bonchev–Trinajstić information content (AvgIpc) is 3.14. The largest absolute Gasteiger partial charge is 0.373 e. The van der Waals surface area contributed by atoms with Gasteiger partial charge in [0.15, 0.2) is 5.96 Å². The number of rotatable bonds is 3. The number of hydrogen-bond donors (Lipinski definition) is 2. The van der Waals surface area contributed by atoms with Gasteiger partial charge in [-0.15, -0.1) is 24.0 Å². The quantitative estimate of drug-likeness (QED) is 0.454. The van der Waals surface area contributed by atoms with Crippen LogP contribution in [0.25, 0.3) is 0 Å². The number of ether oxygens (including phenoxy) is 1. The van der Waals surface area contributed by atoms with E-state index in [0.717, 1.165) is 24.4 Å². The molecular weight excluding hydrogens is 391 g/mol. The smallest absolute Gasteiger partial charge is 0.191 e. The Hall–Kier alpha value is -1.33. The Morgan fingerprint density at radius 2 is 2.14 bits per heavy atom. The molecule has 6 heteroatoms. The lowest BCUT2D eigenvalue weighted by Crippen LogP contribution is -2.47. The van der Waals surface area contributed by atoms with E-state index in [1.807, 2.05) is 24.3 Å². The minimum Gasteiger partial charge on any atom is -0.373 e. The second kappa shape index (κ2) is 7.79. The topological polar surface area (TPSA) is 69.4 Å². The Morgan fingerprint density at radius 1 is 1.36 bits per heavy atom. The number of nitrogens with zero attached hydrogens (tertiary/aromatic N) is 2. The second-order valence-electron chi connectivity index (χ2n) is 5.59. The normalized spacial score (nSPS) is 26.2. The molecule has 2 N–H and O–H groups in total. The van der Waals surface area contributed by atoms with Gasteiger partial charge in [0, 0.05) is 13.6 Å². The minimum atomic E-state index is 0. The number of fused-ring (bicyclic) bond motifs is 2. The Bertz CT molecular complexity index is 567. The third-order valence-corrected chi connectivity index (χ3v) is 4.19. The SMILES string of the molecule is CN=C(NCc1ccc(C#N)cc1)NC1CC2CCC1O2.I. The fourth-order valence-corrected chi connectivity index (χ4v) is 3.04. The molecule has 22 heavy (non-hydrogen) atoms. The summed E-state index contributed by atoms with van der Waals surface area (Å²) in [6.07, 6.45) is 4.18. The first kappa shape index (κ1) is 17.0. The number of aliphatic imine (C=N–C) groups is 1. The van der Waals surface area contributed by atoms with E-state index in [2.05, 4.69) is 21.7 Å². The molecule has 3 atom stereocenters. The van der Waals surface area contributed by atoms with Crippen molar-refractivity contribution in [3.63, 3.8) is 0 Å². The summed E-state index contributed by atoms with van der Waals surface area (Å²) in [5.41, 5.74) is 1.81. The first-order valence-corrected chi connectivity index (χ1v) is 7.40. The molecule has 0 saturated carbocycles. The number of nitrogens with one attached hydrogen (secondary N) is 2.